The number of ether oxygens (including phenoxy) is 1. The van der Waals surface area contributed by atoms with Crippen LogP contribution in [0.4, 0.5) is 5.69 Å². The number of hydrogen-bond acceptors (Lipinski definition) is 5. The van der Waals surface area contributed by atoms with Gasteiger partial charge in [-0.25, -0.2) is 4.79 Å². The number of aliphatic carboxylic acids is 1. The van der Waals surface area contributed by atoms with Crippen LogP contribution in [0.25, 0.3) is 6.08 Å². The van der Waals surface area contributed by atoms with E-state index in [1.54, 1.807) is 36.0 Å². The third kappa shape index (κ3) is 3.75. The van der Waals surface area contributed by atoms with E-state index in [0.717, 1.165) is 10.5 Å². The number of rotatable bonds is 5. The SMILES string of the molecule is CSc1ccc(/C=C2\OC(Nc3ccccc3)=C(C(=O)O)C2=O)cc1. The fraction of sp³-hybridized carbons (Fsp3) is 0.0526. The van der Waals surface area contributed by atoms with Crippen molar-refractivity contribution in [2.75, 3.05) is 11.6 Å². The summed E-state index contributed by atoms with van der Waals surface area (Å²) in [6.07, 6.45) is 3.51. The number of allylic oxidation sites excluding steroid dienone is 1. The molecule has 2 N–H and O–H groups in total. The molecule has 5 nitrogen and oxygen atoms in total. The fourth-order valence-electron chi connectivity index (χ4n) is 2.32. The highest BCUT2D eigenvalue weighted by Crippen LogP contribution is 2.28. The van der Waals surface area contributed by atoms with Gasteiger partial charge in [0.25, 0.3) is 0 Å². The van der Waals surface area contributed by atoms with E-state index >= 15 is 0 Å². The number of anilines is 1. The number of nitrogens with one attached hydrogen (secondary N) is 1. The lowest BCUT2D eigenvalue weighted by Crippen LogP contribution is -2.12. The Morgan fingerprint density at radius 2 is 1.80 bits per heavy atom. The van der Waals surface area contributed by atoms with E-state index in [0.29, 0.717) is 5.69 Å². The monoisotopic (exact) mass is 353 g/mol. The van der Waals surface area contributed by atoms with Gasteiger partial charge in [-0.2, -0.15) is 0 Å². The Hall–Kier alpha value is -2.99. The molecule has 0 amide bonds. The third-order valence-corrected chi connectivity index (χ3v) is 4.29. The second kappa shape index (κ2) is 7.27. The molecule has 1 heterocycles. The molecule has 0 saturated heterocycles. The summed E-state index contributed by atoms with van der Waals surface area (Å²) in [5, 5.41) is 12.2. The number of carboxylic acids is 1. The molecule has 0 unspecified atom stereocenters. The first kappa shape index (κ1) is 16.9. The Kier molecular flexibility index (Phi) is 4.90. The first-order valence-corrected chi connectivity index (χ1v) is 8.69. The number of benzene rings is 2. The van der Waals surface area contributed by atoms with Crippen LogP contribution in [0.5, 0.6) is 0 Å². The highest BCUT2D eigenvalue weighted by atomic mass is 32.2. The molecule has 3 rings (SSSR count). The number of para-hydroxylation sites is 1. The summed E-state index contributed by atoms with van der Waals surface area (Å²) in [6.45, 7) is 0. The lowest BCUT2D eigenvalue weighted by molar-refractivity contribution is -0.134. The molecule has 126 valence electrons. The van der Waals surface area contributed by atoms with Crippen molar-refractivity contribution in [1.29, 1.82) is 0 Å². The van der Waals surface area contributed by atoms with E-state index in [2.05, 4.69) is 5.32 Å². The van der Waals surface area contributed by atoms with Crippen molar-refractivity contribution >= 4 is 35.3 Å². The number of thioether (sulfide) groups is 1. The van der Waals surface area contributed by atoms with E-state index in [4.69, 9.17) is 4.74 Å². The van der Waals surface area contributed by atoms with Crippen LogP contribution in [-0.2, 0) is 14.3 Å². The Bertz CT molecular complexity index is 870. The standard InChI is InChI=1S/C19H15NO4S/c1-25-14-9-7-12(8-10-14)11-15-17(21)16(19(22)23)18(24-15)20-13-5-3-2-4-6-13/h2-11,20H,1H3,(H,22,23)/b15-11-. The number of Topliss-reactive ketones (excluding diaryl/α,β-unsaturated/α-hetero) is 1. The lowest BCUT2D eigenvalue weighted by Gasteiger charge is -2.07. The van der Waals surface area contributed by atoms with Gasteiger partial charge >= 0.3 is 5.97 Å². The molecule has 0 saturated carbocycles. The van der Waals surface area contributed by atoms with E-state index in [-0.39, 0.29) is 11.6 Å². The molecule has 0 aromatic heterocycles. The molecular formula is C19H15NO4S. The van der Waals surface area contributed by atoms with Gasteiger partial charge < -0.3 is 15.2 Å². The molecule has 0 aliphatic carbocycles. The minimum absolute atomic E-state index is 0.0206. The van der Waals surface area contributed by atoms with Crippen molar-refractivity contribution in [1.82, 2.24) is 0 Å². The maximum atomic E-state index is 12.4. The average Bonchev–Trinajstić information content (AvgIpc) is 2.92. The van der Waals surface area contributed by atoms with Gasteiger partial charge in [-0.15, -0.1) is 11.8 Å². The first-order valence-electron chi connectivity index (χ1n) is 7.46. The predicted octanol–water partition coefficient (Wildman–Crippen LogP) is 3.76. The zero-order valence-electron chi connectivity index (χ0n) is 13.4. The van der Waals surface area contributed by atoms with Gasteiger partial charge in [0.05, 0.1) is 0 Å². The van der Waals surface area contributed by atoms with Crippen molar-refractivity contribution in [3.05, 3.63) is 77.4 Å². The van der Waals surface area contributed by atoms with Gasteiger partial charge in [0.15, 0.2) is 11.3 Å². The normalized spacial score (nSPS) is 15.4. The molecule has 1 aliphatic rings. The van der Waals surface area contributed by atoms with Gasteiger partial charge in [-0.1, -0.05) is 30.3 Å². The highest BCUT2D eigenvalue weighted by molar-refractivity contribution is 7.98. The van der Waals surface area contributed by atoms with E-state index in [1.807, 2.05) is 36.6 Å². The summed E-state index contributed by atoms with van der Waals surface area (Å²) < 4.78 is 5.51. The second-order valence-electron chi connectivity index (χ2n) is 5.21. The number of carbonyl (C=O) groups excluding carboxylic acids is 1. The Morgan fingerprint density at radius 3 is 2.40 bits per heavy atom. The Balaban J connectivity index is 1.89. The molecular weight excluding hydrogens is 338 g/mol. The largest absolute Gasteiger partial charge is 0.477 e. The van der Waals surface area contributed by atoms with Crippen LogP contribution < -0.4 is 5.32 Å². The Morgan fingerprint density at radius 1 is 1.12 bits per heavy atom. The van der Waals surface area contributed by atoms with Crippen LogP contribution in [0.3, 0.4) is 0 Å². The summed E-state index contributed by atoms with van der Waals surface area (Å²) in [4.78, 5) is 25.0. The first-order chi connectivity index (χ1) is 12.1. The van der Waals surface area contributed by atoms with Crippen molar-refractivity contribution in [3.63, 3.8) is 0 Å². The van der Waals surface area contributed by atoms with Crippen LogP contribution in [0, 0.1) is 0 Å². The van der Waals surface area contributed by atoms with Gasteiger partial charge in [0.1, 0.15) is 0 Å². The summed E-state index contributed by atoms with van der Waals surface area (Å²) in [6, 6.07) is 16.5. The summed E-state index contributed by atoms with van der Waals surface area (Å²) in [5.41, 5.74) is 0.984. The molecule has 25 heavy (non-hydrogen) atoms. The molecule has 2 aromatic carbocycles. The van der Waals surface area contributed by atoms with Gasteiger partial charge in [0, 0.05) is 10.6 Å². The minimum Gasteiger partial charge on any atom is -0.477 e. The van der Waals surface area contributed by atoms with Gasteiger partial charge in [-0.05, 0) is 42.2 Å². The molecule has 2 aromatic rings. The van der Waals surface area contributed by atoms with Crippen LogP contribution >= 0.6 is 11.8 Å². The summed E-state index contributed by atoms with van der Waals surface area (Å²) in [7, 11) is 0. The Labute approximate surface area is 149 Å². The molecule has 0 spiro atoms. The smallest absolute Gasteiger partial charge is 0.345 e. The topological polar surface area (TPSA) is 75.6 Å². The number of hydrogen-bond donors (Lipinski definition) is 2. The van der Waals surface area contributed by atoms with Crippen molar-refractivity contribution < 1.29 is 19.4 Å². The van der Waals surface area contributed by atoms with Crippen molar-refractivity contribution in [3.8, 4) is 0 Å². The average molecular weight is 353 g/mol. The molecule has 1 aliphatic heterocycles. The number of carbonyl (C=O) groups is 2. The fourth-order valence-corrected chi connectivity index (χ4v) is 2.72. The second-order valence-corrected chi connectivity index (χ2v) is 6.09. The molecule has 0 atom stereocenters. The maximum absolute atomic E-state index is 12.4. The predicted molar refractivity (Wildman–Crippen MR) is 97.0 cm³/mol. The van der Waals surface area contributed by atoms with Crippen LogP contribution in [0.1, 0.15) is 5.56 Å². The van der Waals surface area contributed by atoms with Crippen molar-refractivity contribution in [2.24, 2.45) is 0 Å². The molecule has 0 radical (unpaired) electrons. The number of carboxylic acid groups (broad SMARTS) is 1. The van der Waals surface area contributed by atoms with Gasteiger partial charge in [-0.3, -0.25) is 4.79 Å². The molecule has 0 bridgehead atoms. The molecule has 6 heteroatoms. The summed E-state index contributed by atoms with van der Waals surface area (Å²) >= 11 is 1.61. The van der Waals surface area contributed by atoms with E-state index < -0.39 is 17.3 Å². The van der Waals surface area contributed by atoms with Crippen LogP contribution in [0.2, 0.25) is 0 Å². The minimum atomic E-state index is -1.33. The highest BCUT2D eigenvalue weighted by Gasteiger charge is 2.35. The third-order valence-electron chi connectivity index (χ3n) is 3.55. The van der Waals surface area contributed by atoms with E-state index in [9.17, 15) is 14.7 Å². The maximum Gasteiger partial charge on any atom is 0.345 e. The zero-order chi connectivity index (χ0) is 17.8. The summed E-state index contributed by atoms with van der Waals surface area (Å²) in [5.74, 6) is -2.08. The lowest BCUT2D eigenvalue weighted by atomic mass is 10.1. The quantitative estimate of drug-likeness (QED) is 0.484. The van der Waals surface area contributed by atoms with Crippen LogP contribution in [-0.4, -0.2) is 23.1 Å². The number of ketones is 1. The van der Waals surface area contributed by atoms with E-state index in [1.165, 1.54) is 6.08 Å². The molecule has 0 fully saturated rings. The zero-order valence-corrected chi connectivity index (χ0v) is 14.2. The van der Waals surface area contributed by atoms with Gasteiger partial charge in [0.2, 0.25) is 11.7 Å². The van der Waals surface area contributed by atoms with Crippen LogP contribution in [0.15, 0.2) is 76.7 Å². The van der Waals surface area contributed by atoms with Crippen molar-refractivity contribution in [2.45, 2.75) is 4.90 Å².